The molecule has 104 valence electrons. The van der Waals surface area contributed by atoms with E-state index in [0.29, 0.717) is 11.4 Å². The zero-order valence-corrected chi connectivity index (χ0v) is 11.8. The summed E-state index contributed by atoms with van der Waals surface area (Å²) in [6.07, 6.45) is 4.05. The smallest absolute Gasteiger partial charge is 0.275 e. The molecule has 0 spiro atoms. The fraction of sp³-hybridized carbons (Fsp3) is 0.154. The van der Waals surface area contributed by atoms with Crippen molar-refractivity contribution in [2.45, 2.75) is 11.8 Å². The lowest BCUT2D eigenvalue weighted by atomic mass is 10.3. The number of carbonyl (C=O) groups is 1. The van der Waals surface area contributed by atoms with Crippen molar-refractivity contribution in [1.82, 2.24) is 9.97 Å². The average Bonchev–Trinajstić information content (AvgIpc) is 2.38. The molecule has 0 unspecified atom stereocenters. The van der Waals surface area contributed by atoms with Crippen LogP contribution in [0.4, 0.5) is 5.69 Å². The van der Waals surface area contributed by atoms with Gasteiger partial charge in [-0.05, 0) is 31.2 Å². The van der Waals surface area contributed by atoms with Crippen molar-refractivity contribution in [2.24, 2.45) is 0 Å². The molecule has 7 heteroatoms. The van der Waals surface area contributed by atoms with E-state index in [1.165, 1.54) is 30.5 Å². The minimum atomic E-state index is -3.24. The molecule has 0 aliphatic carbocycles. The van der Waals surface area contributed by atoms with Gasteiger partial charge in [-0.15, -0.1) is 0 Å². The van der Waals surface area contributed by atoms with Crippen LogP contribution in [0.25, 0.3) is 0 Å². The highest BCUT2D eigenvalue weighted by molar-refractivity contribution is 7.90. The van der Waals surface area contributed by atoms with Crippen LogP contribution in [0.2, 0.25) is 0 Å². The number of amides is 1. The molecule has 0 aliphatic heterocycles. The van der Waals surface area contributed by atoms with Crippen molar-refractivity contribution in [1.29, 1.82) is 0 Å². The number of nitrogens with one attached hydrogen (secondary N) is 1. The standard InChI is InChI=1S/C13H13N3O3S/c1-9-7-14-8-12(15-9)13(17)16-10-3-5-11(6-4-10)20(2,18)19/h3-8H,1-2H3,(H,16,17). The summed E-state index contributed by atoms with van der Waals surface area (Å²) in [6, 6.07) is 5.93. The molecule has 6 nitrogen and oxygen atoms in total. The van der Waals surface area contributed by atoms with E-state index in [2.05, 4.69) is 15.3 Å². The molecule has 1 aromatic carbocycles. The number of nitrogens with zero attached hydrogens (tertiary/aromatic N) is 2. The average molecular weight is 291 g/mol. The van der Waals surface area contributed by atoms with Gasteiger partial charge < -0.3 is 5.32 Å². The van der Waals surface area contributed by atoms with Crippen molar-refractivity contribution in [3.8, 4) is 0 Å². The highest BCUT2D eigenvalue weighted by Gasteiger charge is 2.10. The molecule has 1 amide bonds. The fourth-order valence-corrected chi connectivity index (χ4v) is 2.18. The second kappa shape index (κ2) is 5.38. The van der Waals surface area contributed by atoms with E-state index in [-0.39, 0.29) is 10.6 Å². The first-order chi connectivity index (χ1) is 9.36. The van der Waals surface area contributed by atoms with Crippen LogP contribution in [-0.4, -0.2) is 30.5 Å². The maximum atomic E-state index is 11.9. The Bertz CT molecular complexity index is 740. The Balaban J connectivity index is 2.16. The van der Waals surface area contributed by atoms with Crippen molar-refractivity contribution >= 4 is 21.4 Å². The highest BCUT2D eigenvalue weighted by Crippen LogP contribution is 2.14. The molecule has 2 rings (SSSR count). The number of hydrogen-bond acceptors (Lipinski definition) is 5. The Labute approximate surface area is 116 Å². The number of carbonyl (C=O) groups excluding carboxylic acids is 1. The van der Waals surface area contributed by atoms with Gasteiger partial charge in [-0.2, -0.15) is 0 Å². The van der Waals surface area contributed by atoms with Gasteiger partial charge >= 0.3 is 0 Å². The molecule has 0 saturated carbocycles. The highest BCUT2D eigenvalue weighted by atomic mass is 32.2. The van der Waals surface area contributed by atoms with E-state index >= 15 is 0 Å². The predicted octanol–water partition coefficient (Wildman–Crippen LogP) is 1.44. The third-order valence-electron chi connectivity index (χ3n) is 2.53. The minimum absolute atomic E-state index is 0.200. The SMILES string of the molecule is Cc1cncc(C(=O)Nc2ccc(S(C)(=O)=O)cc2)n1. The van der Waals surface area contributed by atoms with Crippen molar-refractivity contribution in [3.63, 3.8) is 0 Å². The van der Waals surface area contributed by atoms with E-state index in [0.717, 1.165) is 6.26 Å². The van der Waals surface area contributed by atoms with Crippen LogP contribution >= 0.6 is 0 Å². The zero-order chi connectivity index (χ0) is 14.8. The van der Waals surface area contributed by atoms with Gasteiger partial charge in [0.05, 0.1) is 16.8 Å². The lowest BCUT2D eigenvalue weighted by Crippen LogP contribution is -2.14. The van der Waals surface area contributed by atoms with Gasteiger partial charge in [0.25, 0.3) is 5.91 Å². The first-order valence-electron chi connectivity index (χ1n) is 5.76. The monoisotopic (exact) mass is 291 g/mol. The maximum Gasteiger partial charge on any atom is 0.275 e. The van der Waals surface area contributed by atoms with Gasteiger partial charge in [-0.25, -0.2) is 13.4 Å². The number of aryl methyl sites for hydroxylation is 1. The van der Waals surface area contributed by atoms with E-state index in [1.54, 1.807) is 13.1 Å². The van der Waals surface area contributed by atoms with Crippen LogP contribution in [0.1, 0.15) is 16.2 Å². The second-order valence-electron chi connectivity index (χ2n) is 4.30. The Kier molecular flexibility index (Phi) is 3.80. The molecule has 0 aliphatic rings. The number of rotatable bonds is 3. The quantitative estimate of drug-likeness (QED) is 0.924. The van der Waals surface area contributed by atoms with Crippen LogP contribution in [0.15, 0.2) is 41.6 Å². The molecule has 0 atom stereocenters. The van der Waals surface area contributed by atoms with Gasteiger partial charge in [0.1, 0.15) is 5.69 Å². The lowest BCUT2D eigenvalue weighted by molar-refractivity contribution is 0.102. The number of hydrogen-bond donors (Lipinski definition) is 1. The molecular formula is C13H13N3O3S. The Hall–Kier alpha value is -2.28. The normalized spacial score (nSPS) is 11.1. The summed E-state index contributed by atoms with van der Waals surface area (Å²) in [5, 5.41) is 2.63. The predicted molar refractivity (Wildman–Crippen MR) is 74.3 cm³/mol. The van der Waals surface area contributed by atoms with Crippen molar-refractivity contribution in [2.75, 3.05) is 11.6 Å². The van der Waals surface area contributed by atoms with Crippen molar-refractivity contribution in [3.05, 3.63) is 48.0 Å². The molecule has 0 saturated heterocycles. The summed E-state index contributed by atoms with van der Waals surface area (Å²) in [4.78, 5) is 20.1. The summed E-state index contributed by atoms with van der Waals surface area (Å²) < 4.78 is 22.6. The first kappa shape index (κ1) is 14.1. The molecule has 2 aromatic rings. The van der Waals surface area contributed by atoms with Crippen LogP contribution < -0.4 is 5.32 Å². The third kappa shape index (κ3) is 3.39. The van der Waals surface area contributed by atoms with Gasteiger partial charge in [-0.1, -0.05) is 0 Å². The van der Waals surface area contributed by atoms with Gasteiger partial charge in [-0.3, -0.25) is 9.78 Å². The van der Waals surface area contributed by atoms with E-state index in [9.17, 15) is 13.2 Å². The van der Waals surface area contributed by atoms with E-state index in [1.807, 2.05) is 0 Å². The molecular weight excluding hydrogens is 278 g/mol. The summed E-state index contributed by atoms with van der Waals surface area (Å²) in [7, 11) is -3.24. The summed E-state index contributed by atoms with van der Waals surface area (Å²) in [6.45, 7) is 1.74. The molecule has 0 bridgehead atoms. The Morgan fingerprint density at radius 1 is 1.15 bits per heavy atom. The van der Waals surface area contributed by atoms with E-state index < -0.39 is 15.7 Å². The largest absolute Gasteiger partial charge is 0.321 e. The zero-order valence-electron chi connectivity index (χ0n) is 11.0. The maximum absolute atomic E-state index is 11.9. The second-order valence-corrected chi connectivity index (χ2v) is 6.31. The lowest BCUT2D eigenvalue weighted by Gasteiger charge is -2.05. The fourth-order valence-electron chi connectivity index (χ4n) is 1.55. The van der Waals surface area contributed by atoms with Crippen LogP contribution in [0, 0.1) is 6.92 Å². The summed E-state index contributed by atoms with van der Waals surface area (Å²) in [5.74, 6) is -0.395. The number of sulfone groups is 1. The molecule has 0 fully saturated rings. The molecule has 1 heterocycles. The topological polar surface area (TPSA) is 89.0 Å². The van der Waals surface area contributed by atoms with Gasteiger partial charge in [0.2, 0.25) is 0 Å². The minimum Gasteiger partial charge on any atom is -0.321 e. The van der Waals surface area contributed by atoms with E-state index in [4.69, 9.17) is 0 Å². The summed E-state index contributed by atoms with van der Waals surface area (Å²) in [5.41, 5.74) is 1.34. The molecule has 1 N–H and O–H groups in total. The molecule has 1 aromatic heterocycles. The number of anilines is 1. The first-order valence-corrected chi connectivity index (χ1v) is 7.65. The van der Waals surface area contributed by atoms with Crippen molar-refractivity contribution < 1.29 is 13.2 Å². The summed E-state index contributed by atoms with van der Waals surface area (Å²) >= 11 is 0. The number of aromatic nitrogens is 2. The Morgan fingerprint density at radius 2 is 1.80 bits per heavy atom. The molecule has 20 heavy (non-hydrogen) atoms. The van der Waals surface area contributed by atoms with Gasteiger partial charge in [0.15, 0.2) is 9.84 Å². The Morgan fingerprint density at radius 3 is 2.35 bits per heavy atom. The third-order valence-corrected chi connectivity index (χ3v) is 3.66. The van der Waals surface area contributed by atoms with Crippen LogP contribution in [-0.2, 0) is 9.84 Å². The van der Waals surface area contributed by atoms with Gasteiger partial charge in [0, 0.05) is 18.1 Å². The molecule has 0 radical (unpaired) electrons. The number of benzene rings is 1. The van der Waals surface area contributed by atoms with Crippen LogP contribution in [0.3, 0.4) is 0 Å². The van der Waals surface area contributed by atoms with Crippen LogP contribution in [0.5, 0.6) is 0 Å².